The van der Waals surface area contributed by atoms with Gasteiger partial charge in [-0.05, 0) is 94.1 Å². The topological polar surface area (TPSA) is 114 Å². The predicted octanol–water partition coefficient (Wildman–Crippen LogP) is 5.25. The first kappa shape index (κ1) is 35.2. The summed E-state index contributed by atoms with van der Waals surface area (Å²) in [6, 6.07) is 16.0. The van der Waals surface area contributed by atoms with Crippen LogP contribution in [0.25, 0.3) is 0 Å². The monoisotopic (exact) mass is 639 g/mol. The quantitative estimate of drug-likeness (QED) is 0.272. The molecule has 0 unspecified atom stereocenters. The number of hydrogen-bond donors (Lipinski definition) is 1. The largest absolute Gasteiger partial charge is 0.497 e. The minimum atomic E-state index is -4.30. The molecule has 2 amide bonds. The molecule has 3 aromatic rings. The second-order valence-electron chi connectivity index (χ2n) is 11.9. The maximum atomic E-state index is 14.4. The van der Waals surface area contributed by atoms with Gasteiger partial charge in [0, 0.05) is 18.2 Å². The zero-order valence-electron chi connectivity index (χ0n) is 27.6. The van der Waals surface area contributed by atoms with Gasteiger partial charge in [0.25, 0.3) is 10.0 Å². The first-order chi connectivity index (χ1) is 21.1. The molecule has 0 spiro atoms. The molecule has 45 heavy (non-hydrogen) atoms. The second kappa shape index (κ2) is 14.7. The number of hydrogen-bond acceptors (Lipinski definition) is 7. The molecule has 244 valence electrons. The number of nitrogens with one attached hydrogen (secondary N) is 1. The molecule has 0 aliphatic carbocycles. The number of amides is 2. The number of sulfonamides is 1. The Kier molecular flexibility index (Phi) is 11.5. The zero-order chi connectivity index (χ0) is 33.5. The summed E-state index contributed by atoms with van der Waals surface area (Å²) in [6.45, 7) is 10.7. The van der Waals surface area contributed by atoms with Gasteiger partial charge in [-0.15, -0.1) is 0 Å². The molecule has 1 atom stereocenters. The SMILES string of the molecule is CC[C@@H](C(=O)NC(C)(C)C)N(Cc1ccc(OC)cc1)C(=O)CN(c1cc(C)cc(C)c1)S(=O)(=O)c1ccc(OC)c(OC)c1. The molecule has 10 nitrogen and oxygen atoms in total. The van der Waals surface area contributed by atoms with Crippen LogP contribution in [0.3, 0.4) is 0 Å². The summed E-state index contributed by atoms with van der Waals surface area (Å²) in [4.78, 5) is 29.3. The summed E-state index contributed by atoms with van der Waals surface area (Å²) in [5.74, 6) is 0.386. The molecule has 0 saturated carbocycles. The summed E-state index contributed by atoms with van der Waals surface area (Å²) >= 11 is 0. The molecular formula is C34H45N3O7S. The molecular weight excluding hydrogens is 594 g/mol. The molecule has 0 radical (unpaired) electrons. The van der Waals surface area contributed by atoms with Crippen LogP contribution in [0.4, 0.5) is 5.69 Å². The highest BCUT2D eigenvalue weighted by Gasteiger charge is 2.35. The molecule has 0 heterocycles. The Morgan fingerprint density at radius 1 is 0.844 bits per heavy atom. The molecule has 0 aliphatic heterocycles. The third kappa shape index (κ3) is 8.91. The fourth-order valence-electron chi connectivity index (χ4n) is 5.03. The van der Waals surface area contributed by atoms with Crippen molar-refractivity contribution in [1.29, 1.82) is 0 Å². The van der Waals surface area contributed by atoms with Gasteiger partial charge in [-0.25, -0.2) is 8.42 Å². The van der Waals surface area contributed by atoms with Crippen LogP contribution in [0.2, 0.25) is 0 Å². The van der Waals surface area contributed by atoms with E-state index in [4.69, 9.17) is 14.2 Å². The van der Waals surface area contributed by atoms with E-state index in [1.165, 1.54) is 37.3 Å². The van der Waals surface area contributed by atoms with Crippen molar-refractivity contribution in [2.24, 2.45) is 0 Å². The van der Waals surface area contributed by atoms with Gasteiger partial charge in [-0.2, -0.15) is 0 Å². The van der Waals surface area contributed by atoms with E-state index >= 15 is 0 Å². The molecule has 1 N–H and O–H groups in total. The lowest BCUT2D eigenvalue weighted by atomic mass is 10.1. The van der Waals surface area contributed by atoms with Crippen molar-refractivity contribution in [3.05, 3.63) is 77.4 Å². The number of carbonyl (C=O) groups excluding carboxylic acids is 2. The van der Waals surface area contributed by atoms with Crippen LogP contribution in [0.1, 0.15) is 50.8 Å². The van der Waals surface area contributed by atoms with Crippen molar-refractivity contribution in [1.82, 2.24) is 10.2 Å². The van der Waals surface area contributed by atoms with Crippen molar-refractivity contribution < 1.29 is 32.2 Å². The lowest BCUT2D eigenvalue weighted by Crippen LogP contribution is -2.55. The number of anilines is 1. The lowest BCUT2D eigenvalue weighted by Gasteiger charge is -2.35. The Hall–Kier alpha value is -4.25. The Morgan fingerprint density at radius 2 is 1.44 bits per heavy atom. The highest BCUT2D eigenvalue weighted by atomic mass is 32.2. The highest BCUT2D eigenvalue weighted by Crippen LogP contribution is 2.33. The molecule has 3 rings (SSSR count). The third-order valence-corrected chi connectivity index (χ3v) is 8.88. The van der Waals surface area contributed by atoms with E-state index in [2.05, 4.69) is 5.32 Å². The van der Waals surface area contributed by atoms with Crippen LogP contribution < -0.4 is 23.8 Å². The minimum Gasteiger partial charge on any atom is -0.497 e. The van der Waals surface area contributed by atoms with Gasteiger partial charge in [0.05, 0.1) is 31.9 Å². The zero-order valence-corrected chi connectivity index (χ0v) is 28.4. The second-order valence-corrected chi connectivity index (χ2v) is 13.8. The van der Waals surface area contributed by atoms with Crippen molar-refractivity contribution >= 4 is 27.5 Å². The van der Waals surface area contributed by atoms with E-state index in [1.807, 2.05) is 59.7 Å². The van der Waals surface area contributed by atoms with Crippen molar-refractivity contribution in [3.8, 4) is 17.2 Å². The maximum Gasteiger partial charge on any atom is 0.264 e. The first-order valence-electron chi connectivity index (χ1n) is 14.7. The third-order valence-electron chi connectivity index (χ3n) is 7.11. The molecule has 11 heteroatoms. The number of ether oxygens (including phenoxy) is 3. The highest BCUT2D eigenvalue weighted by molar-refractivity contribution is 7.92. The van der Waals surface area contributed by atoms with Gasteiger partial charge in [0.15, 0.2) is 11.5 Å². The van der Waals surface area contributed by atoms with Crippen LogP contribution in [-0.2, 0) is 26.2 Å². The number of rotatable bonds is 13. The van der Waals surface area contributed by atoms with E-state index in [1.54, 1.807) is 31.4 Å². The van der Waals surface area contributed by atoms with Crippen LogP contribution in [0, 0.1) is 13.8 Å². The Bertz CT molecular complexity index is 1580. The predicted molar refractivity (Wildman–Crippen MR) is 176 cm³/mol. The van der Waals surface area contributed by atoms with Crippen molar-refractivity contribution in [3.63, 3.8) is 0 Å². The Balaban J connectivity index is 2.14. The van der Waals surface area contributed by atoms with Crippen LogP contribution in [0.15, 0.2) is 65.6 Å². The molecule has 0 aliphatic rings. The molecule has 3 aromatic carbocycles. The Morgan fingerprint density at radius 3 is 1.96 bits per heavy atom. The number of benzene rings is 3. The summed E-state index contributed by atoms with van der Waals surface area (Å²) in [7, 11) is 0.144. The van der Waals surface area contributed by atoms with Gasteiger partial charge >= 0.3 is 0 Å². The summed E-state index contributed by atoms with van der Waals surface area (Å²) < 4.78 is 45.7. The Labute approximate surface area is 267 Å². The summed E-state index contributed by atoms with van der Waals surface area (Å²) in [5.41, 5.74) is 2.20. The first-order valence-corrected chi connectivity index (χ1v) is 16.1. The molecule has 0 aromatic heterocycles. The molecule has 0 bridgehead atoms. The number of nitrogens with zero attached hydrogens (tertiary/aromatic N) is 2. The standard InChI is InChI=1S/C34H45N3O7S/c1-10-29(33(39)35-34(4,5)6)36(21-25-11-13-27(42-7)14-12-25)32(38)22-37(26-18-23(2)17-24(3)19-26)45(40,41)28-15-16-30(43-8)31(20-28)44-9/h11-20,29H,10,21-22H2,1-9H3,(H,35,39)/t29-/m0/s1. The van der Waals surface area contributed by atoms with Gasteiger partial charge in [0.1, 0.15) is 18.3 Å². The van der Waals surface area contributed by atoms with E-state index in [9.17, 15) is 18.0 Å². The minimum absolute atomic E-state index is 0.0775. The number of carbonyl (C=O) groups is 2. The van der Waals surface area contributed by atoms with Gasteiger partial charge in [-0.3, -0.25) is 13.9 Å². The fraction of sp³-hybridized carbons (Fsp3) is 0.412. The fourth-order valence-corrected chi connectivity index (χ4v) is 6.44. The van der Waals surface area contributed by atoms with E-state index in [-0.39, 0.29) is 23.1 Å². The maximum absolute atomic E-state index is 14.4. The summed E-state index contributed by atoms with van der Waals surface area (Å²) in [6.07, 6.45) is 0.315. The normalized spacial score (nSPS) is 12.2. The molecule has 0 saturated heterocycles. The van der Waals surface area contributed by atoms with E-state index in [0.29, 0.717) is 23.6 Å². The average Bonchev–Trinajstić information content (AvgIpc) is 2.98. The van der Waals surface area contributed by atoms with Crippen LogP contribution in [0.5, 0.6) is 17.2 Å². The van der Waals surface area contributed by atoms with Gasteiger partial charge < -0.3 is 24.4 Å². The number of aryl methyl sites for hydroxylation is 2. The van der Waals surface area contributed by atoms with Gasteiger partial charge in [0.2, 0.25) is 11.8 Å². The van der Waals surface area contributed by atoms with Gasteiger partial charge in [-0.1, -0.05) is 25.1 Å². The van der Waals surface area contributed by atoms with Crippen LogP contribution in [-0.4, -0.2) is 64.6 Å². The smallest absolute Gasteiger partial charge is 0.264 e. The lowest BCUT2D eigenvalue weighted by molar-refractivity contribution is -0.141. The number of methoxy groups -OCH3 is 3. The van der Waals surface area contributed by atoms with E-state index in [0.717, 1.165) is 21.0 Å². The van der Waals surface area contributed by atoms with Crippen LogP contribution >= 0.6 is 0 Å². The summed E-state index contributed by atoms with van der Waals surface area (Å²) in [5, 5.41) is 2.98. The average molecular weight is 640 g/mol. The van der Waals surface area contributed by atoms with Crippen molar-refractivity contribution in [2.75, 3.05) is 32.2 Å². The van der Waals surface area contributed by atoms with Crippen molar-refractivity contribution in [2.45, 2.75) is 71.0 Å². The molecule has 0 fully saturated rings. The van der Waals surface area contributed by atoms with E-state index < -0.39 is 34.1 Å².